The number of nitrogens with two attached hydrogens (primary N) is 1. The minimum Gasteiger partial charge on any atom is -0.383 e. The summed E-state index contributed by atoms with van der Waals surface area (Å²) in [6, 6.07) is 5.86. The van der Waals surface area contributed by atoms with Crippen molar-refractivity contribution in [1.29, 1.82) is 0 Å². The van der Waals surface area contributed by atoms with E-state index in [4.69, 9.17) is 10.5 Å². The second-order valence-corrected chi connectivity index (χ2v) is 6.64. The van der Waals surface area contributed by atoms with Crippen LogP contribution < -0.4 is 11.1 Å². The van der Waals surface area contributed by atoms with Gasteiger partial charge in [0.15, 0.2) is 5.13 Å². The van der Waals surface area contributed by atoms with Gasteiger partial charge in [-0.05, 0) is 42.9 Å². The average Bonchev–Trinajstić information content (AvgIpc) is 3.03. The average molecular weight is 331 g/mol. The number of aromatic nitrogens is 1. The van der Waals surface area contributed by atoms with E-state index in [1.54, 1.807) is 0 Å². The van der Waals surface area contributed by atoms with Gasteiger partial charge in [0.05, 0.1) is 12.3 Å². The van der Waals surface area contributed by atoms with Crippen LogP contribution in [-0.4, -0.2) is 30.6 Å². The van der Waals surface area contributed by atoms with Gasteiger partial charge in [-0.1, -0.05) is 12.1 Å². The molecule has 0 saturated heterocycles. The Labute approximate surface area is 139 Å². The fourth-order valence-electron chi connectivity index (χ4n) is 2.81. The van der Waals surface area contributed by atoms with Gasteiger partial charge in [-0.2, -0.15) is 0 Å². The number of thiazole rings is 1. The van der Waals surface area contributed by atoms with Crippen LogP contribution in [0.1, 0.15) is 24.0 Å². The smallest absolute Gasteiger partial charge is 0.245 e. The van der Waals surface area contributed by atoms with Crippen molar-refractivity contribution in [2.45, 2.75) is 31.7 Å². The summed E-state index contributed by atoms with van der Waals surface area (Å²) in [5.74, 6) is -0.279. The van der Waals surface area contributed by atoms with Crippen molar-refractivity contribution in [1.82, 2.24) is 4.98 Å². The number of fused-ring (bicyclic) bond motifs is 1. The number of nitrogens with zero attached hydrogens (tertiary/aromatic N) is 1. The second kappa shape index (κ2) is 7.21. The molecule has 5 nitrogen and oxygen atoms in total. The minimum atomic E-state index is -0.684. The molecule has 1 aliphatic rings. The van der Waals surface area contributed by atoms with Crippen molar-refractivity contribution in [3.05, 3.63) is 34.7 Å². The highest BCUT2D eigenvalue weighted by Crippen LogP contribution is 2.29. The second-order valence-electron chi connectivity index (χ2n) is 5.78. The van der Waals surface area contributed by atoms with Gasteiger partial charge in [-0.25, -0.2) is 4.98 Å². The lowest BCUT2D eigenvalue weighted by Gasteiger charge is -2.16. The molecule has 122 valence electrons. The van der Waals surface area contributed by atoms with Crippen molar-refractivity contribution >= 4 is 22.4 Å². The molecule has 1 amide bonds. The van der Waals surface area contributed by atoms with Gasteiger partial charge in [0.1, 0.15) is 6.04 Å². The van der Waals surface area contributed by atoms with E-state index in [0.29, 0.717) is 5.13 Å². The van der Waals surface area contributed by atoms with Crippen LogP contribution in [0.4, 0.5) is 5.13 Å². The van der Waals surface area contributed by atoms with Crippen molar-refractivity contribution in [2.24, 2.45) is 5.73 Å². The molecule has 1 atom stereocenters. The van der Waals surface area contributed by atoms with E-state index >= 15 is 0 Å². The molecule has 0 radical (unpaired) electrons. The number of methoxy groups -OCH3 is 1. The fourth-order valence-corrected chi connectivity index (χ4v) is 3.53. The Bertz CT molecular complexity index is 699. The zero-order valence-electron chi connectivity index (χ0n) is 13.2. The highest BCUT2D eigenvalue weighted by atomic mass is 32.1. The molecule has 1 aliphatic carbocycles. The molecule has 1 aromatic heterocycles. The maximum absolute atomic E-state index is 11.9. The van der Waals surface area contributed by atoms with E-state index in [1.165, 1.54) is 48.8 Å². The van der Waals surface area contributed by atoms with Gasteiger partial charge in [-0.15, -0.1) is 11.3 Å². The summed E-state index contributed by atoms with van der Waals surface area (Å²) in [6.45, 7) is 0.189. The Morgan fingerprint density at radius 3 is 2.96 bits per heavy atom. The molecule has 1 unspecified atom stereocenters. The van der Waals surface area contributed by atoms with Crippen LogP contribution in [0.15, 0.2) is 23.6 Å². The molecule has 0 bridgehead atoms. The molecular formula is C17H21N3O2S. The molecule has 1 aromatic carbocycles. The summed E-state index contributed by atoms with van der Waals surface area (Å²) in [4.78, 5) is 16.4. The third-order valence-corrected chi connectivity index (χ3v) is 4.82. The molecule has 23 heavy (non-hydrogen) atoms. The van der Waals surface area contributed by atoms with Crippen LogP contribution in [0.25, 0.3) is 11.3 Å². The normalized spacial score (nSPS) is 15.0. The van der Waals surface area contributed by atoms with Gasteiger partial charge < -0.3 is 15.8 Å². The number of benzene rings is 1. The van der Waals surface area contributed by atoms with Crippen LogP contribution in [-0.2, 0) is 22.4 Å². The van der Waals surface area contributed by atoms with Crippen LogP contribution >= 0.6 is 11.3 Å². The fraction of sp³-hybridized carbons (Fsp3) is 0.412. The lowest BCUT2D eigenvalue weighted by molar-refractivity contribution is -0.118. The van der Waals surface area contributed by atoms with E-state index in [2.05, 4.69) is 28.5 Å². The predicted molar refractivity (Wildman–Crippen MR) is 92.7 cm³/mol. The Kier molecular flexibility index (Phi) is 5.05. The largest absolute Gasteiger partial charge is 0.383 e. The summed E-state index contributed by atoms with van der Waals surface area (Å²) in [7, 11) is 1.52. The van der Waals surface area contributed by atoms with Crippen LogP contribution in [0.5, 0.6) is 0 Å². The number of ether oxygens (including phenoxy) is 1. The number of hydrogen-bond donors (Lipinski definition) is 2. The first-order valence-corrected chi connectivity index (χ1v) is 8.68. The van der Waals surface area contributed by atoms with E-state index in [1.807, 2.05) is 5.38 Å². The zero-order valence-corrected chi connectivity index (χ0v) is 14.0. The summed E-state index contributed by atoms with van der Waals surface area (Å²) >= 11 is 1.41. The highest BCUT2D eigenvalue weighted by molar-refractivity contribution is 7.14. The summed E-state index contributed by atoms with van der Waals surface area (Å²) in [5, 5.41) is 5.27. The molecule has 3 rings (SSSR count). The molecule has 0 aliphatic heterocycles. The van der Waals surface area contributed by atoms with Crippen molar-refractivity contribution < 1.29 is 9.53 Å². The number of anilines is 1. The molecular weight excluding hydrogens is 310 g/mol. The zero-order chi connectivity index (χ0) is 16.2. The van der Waals surface area contributed by atoms with E-state index < -0.39 is 6.04 Å². The van der Waals surface area contributed by atoms with Crippen LogP contribution in [0.2, 0.25) is 0 Å². The number of nitrogens with one attached hydrogen (secondary N) is 1. The Balaban J connectivity index is 1.73. The number of rotatable bonds is 5. The Hall–Kier alpha value is -1.76. The maximum Gasteiger partial charge on any atom is 0.245 e. The predicted octanol–water partition coefficient (Wildman–Crippen LogP) is 2.60. The third-order valence-electron chi connectivity index (χ3n) is 4.06. The topological polar surface area (TPSA) is 77.2 Å². The number of hydrogen-bond acceptors (Lipinski definition) is 5. The minimum absolute atomic E-state index is 0.189. The lowest BCUT2D eigenvalue weighted by Crippen LogP contribution is -2.39. The number of aryl methyl sites for hydroxylation is 2. The van der Waals surface area contributed by atoms with E-state index in [0.717, 1.165) is 17.7 Å². The van der Waals surface area contributed by atoms with Crippen molar-refractivity contribution in [3.63, 3.8) is 0 Å². The van der Waals surface area contributed by atoms with E-state index in [-0.39, 0.29) is 12.5 Å². The molecule has 0 saturated carbocycles. The first-order valence-electron chi connectivity index (χ1n) is 7.80. The van der Waals surface area contributed by atoms with Crippen LogP contribution in [0, 0.1) is 0 Å². The molecule has 0 spiro atoms. The lowest BCUT2D eigenvalue weighted by atomic mass is 9.90. The summed E-state index contributed by atoms with van der Waals surface area (Å²) in [6.07, 6.45) is 4.85. The van der Waals surface area contributed by atoms with Gasteiger partial charge in [0.2, 0.25) is 5.91 Å². The first kappa shape index (κ1) is 16.1. The molecule has 3 N–H and O–H groups in total. The number of carbonyl (C=O) groups is 1. The Morgan fingerprint density at radius 1 is 1.39 bits per heavy atom. The van der Waals surface area contributed by atoms with Crippen molar-refractivity contribution in [2.75, 3.05) is 19.0 Å². The molecule has 1 heterocycles. The summed E-state index contributed by atoms with van der Waals surface area (Å²) < 4.78 is 4.89. The maximum atomic E-state index is 11.9. The first-order chi connectivity index (χ1) is 11.2. The highest BCUT2D eigenvalue weighted by Gasteiger charge is 2.16. The third kappa shape index (κ3) is 3.77. The van der Waals surface area contributed by atoms with Crippen molar-refractivity contribution in [3.8, 4) is 11.3 Å². The molecule has 6 heteroatoms. The van der Waals surface area contributed by atoms with Crippen LogP contribution in [0.3, 0.4) is 0 Å². The number of amides is 1. The monoisotopic (exact) mass is 331 g/mol. The molecule has 0 fully saturated rings. The van der Waals surface area contributed by atoms with Gasteiger partial charge in [0.25, 0.3) is 0 Å². The quantitative estimate of drug-likeness (QED) is 0.883. The molecule has 2 aromatic rings. The number of carbonyl (C=O) groups excluding carboxylic acids is 1. The SMILES string of the molecule is COCC(N)C(=O)Nc1nc(-c2ccc3c(c2)CCCC3)cs1. The Morgan fingerprint density at radius 2 is 2.17 bits per heavy atom. The summed E-state index contributed by atoms with van der Waals surface area (Å²) in [5.41, 5.74) is 10.6. The van der Waals surface area contributed by atoms with Gasteiger partial charge in [-0.3, -0.25) is 4.79 Å². The van der Waals surface area contributed by atoms with E-state index in [9.17, 15) is 4.79 Å². The van der Waals surface area contributed by atoms with Gasteiger partial charge in [0, 0.05) is 18.1 Å². The van der Waals surface area contributed by atoms with Gasteiger partial charge >= 0.3 is 0 Å². The standard InChI is InChI=1S/C17H21N3O2S/c1-22-9-14(18)16(21)20-17-19-15(10-23-17)13-7-6-11-4-2-3-5-12(11)8-13/h6-8,10,14H,2-5,9,18H2,1H3,(H,19,20,21).